The third kappa shape index (κ3) is 6.42. The van der Waals surface area contributed by atoms with E-state index < -0.39 is 23.9 Å². The highest BCUT2D eigenvalue weighted by molar-refractivity contribution is 8.00. The highest BCUT2D eigenvalue weighted by Gasteiger charge is 2.14. The molecule has 120 valence electrons. The van der Waals surface area contributed by atoms with Crippen LogP contribution < -0.4 is 21.9 Å². The van der Waals surface area contributed by atoms with Crippen molar-refractivity contribution in [1.29, 1.82) is 0 Å². The number of halogens is 2. The quantitative estimate of drug-likeness (QED) is 0.465. The Labute approximate surface area is 141 Å². The van der Waals surface area contributed by atoms with Gasteiger partial charge in [0.1, 0.15) is 6.04 Å². The van der Waals surface area contributed by atoms with E-state index in [1.165, 1.54) is 18.7 Å². The number of carbonyl (C=O) groups excluding carboxylic acids is 3. The lowest BCUT2D eigenvalue weighted by molar-refractivity contribution is -0.128. The van der Waals surface area contributed by atoms with E-state index >= 15 is 0 Å². The lowest BCUT2D eigenvalue weighted by atomic mass is 10.3. The van der Waals surface area contributed by atoms with Crippen molar-refractivity contribution in [1.82, 2.24) is 16.2 Å². The highest BCUT2D eigenvalue weighted by atomic mass is 35.5. The first-order chi connectivity index (χ1) is 10.3. The molecule has 1 aromatic rings. The van der Waals surface area contributed by atoms with Crippen LogP contribution in [0.3, 0.4) is 0 Å². The van der Waals surface area contributed by atoms with E-state index in [4.69, 9.17) is 28.9 Å². The van der Waals surface area contributed by atoms with Crippen LogP contribution in [0, 0.1) is 0 Å². The van der Waals surface area contributed by atoms with Crippen molar-refractivity contribution in [2.24, 2.45) is 5.73 Å². The molecule has 0 aliphatic rings. The Morgan fingerprint density at radius 1 is 1.27 bits per heavy atom. The van der Waals surface area contributed by atoms with Gasteiger partial charge in [0, 0.05) is 9.92 Å². The number of hydrogen-bond acceptors (Lipinski definition) is 4. The van der Waals surface area contributed by atoms with E-state index in [1.807, 2.05) is 0 Å². The van der Waals surface area contributed by atoms with Gasteiger partial charge < -0.3 is 11.1 Å². The largest absolute Gasteiger partial charge is 0.352 e. The van der Waals surface area contributed by atoms with Crippen molar-refractivity contribution >= 4 is 52.8 Å². The predicted molar refractivity (Wildman–Crippen MR) is 85.7 cm³/mol. The number of urea groups is 1. The normalized spacial score (nSPS) is 11.4. The van der Waals surface area contributed by atoms with E-state index in [-0.39, 0.29) is 5.75 Å². The summed E-state index contributed by atoms with van der Waals surface area (Å²) in [5.74, 6) is -1.02. The number of rotatable bonds is 5. The number of hydrogen-bond donors (Lipinski definition) is 4. The number of carbonyl (C=O) groups is 3. The van der Waals surface area contributed by atoms with Gasteiger partial charge in [-0.3, -0.25) is 20.4 Å². The van der Waals surface area contributed by atoms with E-state index in [2.05, 4.69) is 16.2 Å². The first kappa shape index (κ1) is 18.4. The molecular weight excluding hydrogens is 351 g/mol. The van der Waals surface area contributed by atoms with Gasteiger partial charge >= 0.3 is 6.03 Å². The molecule has 22 heavy (non-hydrogen) atoms. The molecule has 0 aromatic heterocycles. The number of amides is 4. The van der Waals surface area contributed by atoms with Crippen molar-refractivity contribution in [3.63, 3.8) is 0 Å². The van der Waals surface area contributed by atoms with Crippen LogP contribution in [0.5, 0.6) is 0 Å². The summed E-state index contributed by atoms with van der Waals surface area (Å²) in [4.78, 5) is 34.4. The maximum absolute atomic E-state index is 11.6. The molecule has 0 unspecified atom stereocenters. The molecule has 1 aromatic carbocycles. The van der Waals surface area contributed by atoms with Gasteiger partial charge in [0.2, 0.25) is 5.91 Å². The second kappa shape index (κ2) is 8.72. The van der Waals surface area contributed by atoms with Gasteiger partial charge in [-0.15, -0.1) is 11.8 Å². The minimum absolute atomic E-state index is 0.0258. The van der Waals surface area contributed by atoms with Crippen molar-refractivity contribution in [3.05, 3.63) is 28.2 Å². The minimum atomic E-state index is -0.868. The van der Waals surface area contributed by atoms with E-state index in [1.54, 1.807) is 18.2 Å². The molecule has 5 N–H and O–H groups in total. The monoisotopic (exact) mass is 364 g/mol. The number of primary amides is 1. The molecule has 1 atom stereocenters. The van der Waals surface area contributed by atoms with E-state index in [0.29, 0.717) is 14.9 Å². The van der Waals surface area contributed by atoms with Crippen LogP contribution in [0.1, 0.15) is 6.92 Å². The zero-order valence-corrected chi connectivity index (χ0v) is 13.8. The minimum Gasteiger partial charge on any atom is -0.352 e. The molecule has 0 saturated heterocycles. The summed E-state index contributed by atoms with van der Waals surface area (Å²) in [7, 11) is 0. The topological polar surface area (TPSA) is 113 Å². The second-order valence-corrected chi connectivity index (χ2v) is 5.99. The van der Waals surface area contributed by atoms with Crippen LogP contribution in [0.4, 0.5) is 4.79 Å². The first-order valence-corrected chi connectivity index (χ1v) is 7.76. The molecule has 0 heterocycles. The third-order valence-electron chi connectivity index (χ3n) is 2.33. The van der Waals surface area contributed by atoms with E-state index in [0.717, 1.165) is 0 Å². The van der Waals surface area contributed by atoms with Gasteiger partial charge in [-0.25, -0.2) is 4.79 Å². The molecule has 10 heteroatoms. The van der Waals surface area contributed by atoms with Crippen molar-refractivity contribution in [3.8, 4) is 0 Å². The highest BCUT2D eigenvalue weighted by Crippen LogP contribution is 2.29. The summed E-state index contributed by atoms with van der Waals surface area (Å²) in [5.41, 5.74) is 9.26. The van der Waals surface area contributed by atoms with Crippen molar-refractivity contribution in [2.75, 3.05) is 5.75 Å². The van der Waals surface area contributed by atoms with Crippen molar-refractivity contribution in [2.45, 2.75) is 17.9 Å². The molecule has 7 nitrogen and oxygen atoms in total. The third-order valence-corrected chi connectivity index (χ3v) is 4.06. The summed E-state index contributed by atoms with van der Waals surface area (Å²) < 4.78 is 0. The Balaban J connectivity index is 2.39. The summed E-state index contributed by atoms with van der Waals surface area (Å²) in [6.45, 7) is 1.42. The van der Waals surface area contributed by atoms with E-state index in [9.17, 15) is 14.4 Å². The summed E-state index contributed by atoms with van der Waals surface area (Å²) in [6.07, 6.45) is 0. The Morgan fingerprint density at radius 2 is 1.95 bits per heavy atom. The van der Waals surface area contributed by atoms with Crippen LogP contribution >= 0.6 is 35.0 Å². The van der Waals surface area contributed by atoms with Crippen LogP contribution in [0.15, 0.2) is 23.1 Å². The molecule has 1 rings (SSSR count). The lowest BCUT2D eigenvalue weighted by Crippen LogP contribution is -2.52. The van der Waals surface area contributed by atoms with Crippen LogP contribution in [0.25, 0.3) is 0 Å². The Morgan fingerprint density at radius 3 is 2.59 bits per heavy atom. The Bertz CT molecular complexity index is 585. The summed E-state index contributed by atoms with van der Waals surface area (Å²) in [5, 5.41) is 3.16. The number of benzene rings is 1. The van der Waals surface area contributed by atoms with Gasteiger partial charge in [0.15, 0.2) is 0 Å². The zero-order chi connectivity index (χ0) is 16.7. The summed E-state index contributed by atoms with van der Waals surface area (Å²) >= 11 is 13.0. The number of thioether (sulfide) groups is 1. The van der Waals surface area contributed by atoms with Crippen LogP contribution in [-0.2, 0) is 9.59 Å². The first-order valence-electron chi connectivity index (χ1n) is 6.02. The molecule has 4 amide bonds. The Hall–Kier alpha value is -1.64. The molecule has 0 spiro atoms. The molecule has 0 saturated carbocycles. The molecule has 0 bridgehead atoms. The molecule has 0 fully saturated rings. The maximum Gasteiger partial charge on any atom is 0.312 e. The predicted octanol–water partition coefficient (Wildman–Crippen LogP) is 1.29. The number of hydrazine groups is 1. The average molecular weight is 365 g/mol. The van der Waals surface area contributed by atoms with Gasteiger partial charge in [-0.05, 0) is 25.1 Å². The zero-order valence-electron chi connectivity index (χ0n) is 11.5. The molecule has 0 aliphatic heterocycles. The fourth-order valence-corrected chi connectivity index (χ4v) is 2.58. The molecular formula is C12H14Cl2N4O3S. The standard InChI is InChI=1S/C12H14Cl2N4O3S/c1-6(16-12(15)21)11(20)18-17-10(19)5-22-9-4-7(13)2-3-8(9)14/h2-4,6H,5H2,1H3,(H,17,19)(H,18,20)(H3,15,16,21)/t6-/m0/s1. The molecule has 0 aliphatic carbocycles. The van der Waals surface area contributed by atoms with Gasteiger partial charge in [0.05, 0.1) is 10.8 Å². The van der Waals surface area contributed by atoms with Crippen molar-refractivity contribution < 1.29 is 14.4 Å². The Kier molecular flexibility index (Phi) is 7.30. The van der Waals surface area contributed by atoms with Gasteiger partial charge in [0.25, 0.3) is 5.91 Å². The van der Waals surface area contributed by atoms with Crippen LogP contribution in [-0.4, -0.2) is 29.6 Å². The SMILES string of the molecule is C[C@H](NC(N)=O)C(=O)NNC(=O)CSc1cc(Cl)ccc1Cl. The van der Waals surface area contributed by atoms with Crippen LogP contribution in [0.2, 0.25) is 10.0 Å². The van der Waals surface area contributed by atoms with Gasteiger partial charge in [-0.1, -0.05) is 23.2 Å². The smallest absolute Gasteiger partial charge is 0.312 e. The second-order valence-electron chi connectivity index (χ2n) is 4.13. The lowest BCUT2D eigenvalue weighted by Gasteiger charge is -2.13. The average Bonchev–Trinajstić information content (AvgIpc) is 2.44. The molecule has 0 radical (unpaired) electrons. The number of nitrogens with one attached hydrogen (secondary N) is 3. The number of nitrogens with two attached hydrogens (primary N) is 1. The van der Waals surface area contributed by atoms with Gasteiger partial charge in [-0.2, -0.15) is 0 Å². The maximum atomic E-state index is 11.6. The fourth-order valence-electron chi connectivity index (χ4n) is 1.29. The summed E-state index contributed by atoms with van der Waals surface area (Å²) in [6, 6.07) is 3.21. The fraction of sp³-hybridized carbons (Fsp3) is 0.250.